The summed E-state index contributed by atoms with van der Waals surface area (Å²) in [5.74, 6) is 0.788. The number of benzene rings is 2. The summed E-state index contributed by atoms with van der Waals surface area (Å²) in [6, 6.07) is 12.3. The molecule has 2 N–H and O–H groups in total. The van der Waals surface area contributed by atoms with Crippen molar-refractivity contribution in [3.05, 3.63) is 47.5 Å². The first kappa shape index (κ1) is 15.6. The van der Waals surface area contributed by atoms with Crippen LogP contribution >= 0.6 is 22.9 Å². The highest BCUT2D eigenvalue weighted by molar-refractivity contribution is 7.22. The monoisotopic (exact) mass is 347 g/mol. The van der Waals surface area contributed by atoms with Gasteiger partial charge in [-0.3, -0.25) is 5.32 Å². The van der Waals surface area contributed by atoms with E-state index in [1.165, 1.54) is 11.3 Å². The molecule has 23 heavy (non-hydrogen) atoms. The smallest absolute Gasteiger partial charge is 0.325 e. The summed E-state index contributed by atoms with van der Waals surface area (Å²) in [6.45, 7) is 2.54. The van der Waals surface area contributed by atoms with Gasteiger partial charge in [0.25, 0.3) is 0 Å². The van der Waals surface area contributed by atoms with Crippen LogP contribution in [0, 0.1) is 0 Å². The lowest BCUT2D eigenvalue weighted by Crippen LogP contribution is -2.19. The molecule has 0 aliphatic carbocycles. The van der Waals surface area contributed by atoms with Gasteiger partial charge in [-0.15, -0.1) is 0 Å². The zero-order valence-electron chi connectivity index (χ0n) is 12.3. The number of amides is 2. The van der Waals surface area contributed by atoms with E-state index in [1.807, 2.05) is 25.1 Å². The van der Waals surface area contributed by atoms with Crippen molar-refractivity contribution in [2.45, 2.75) is 6.92 Å². The maximum Gasteiger partial charge on any atom is 0.325 e. The number of urea groups is 1. The number of carbonyl (C=O) groups is 1. The highest BCUT2D eigenvalue weighted by Crippen LogP contribution is 2.29. The summed E-state index contributed by atoms with van der Waals surface area (Å²) in [4.78, 5) is 16.4. The Morgan fingerprint density at radius 1 is 1.26 bits per heavy atom. The van der Waals surface area contributed by atoms with Crippen molar-refractivity contribution in [2.24, 2.45) is 0 Å². The molecule has 2 aromatic carbocycles. The highest BCUT2D eigenvalue weighted by Gasteiger charge is 2.10. The number of rotatable bonds is 4. The first-order valence-electron chi connectivity index (χ1n) is 7.01. The topological polar surface area (TPSA) is 63.2 Å². The van der Waals surface area contributed by atoms with Crippen molar-refractivity contribution < 1.29 is 9.53 Å². The van der Waals surface area contributed by atoms with Crippen molar-refractivity contribution in [1.29, 1.82) is 0 Å². The molecule has 0 bridgehead atoms. The number of anilines is 2. The van der Waals surface area contributed by atoms with E-state index in [1.54, 1.807) is 24.3 Å². The number of nitrogens with zero attached hydrogens (tertiary/aromatic N) is 1. The van der Waals surface area contributed by atoms with E-state index in [-0.39, 0.29) is 6.03 Å². The van der Waals surface area contributed by atoms with Crippen molar-refractivity contribution in [3.63, 3.8) is 0 Å². The van der Waals surface area contributed by atoms with Crippen LogP contribution in [-0.2, 0) is 0 Å². The van der Waals surface area contributed by atoms with Crippen LogP contribution < -0.4 is 15.4 Å². The zero-order chi connectivity index (χ0) is 16.2. The number of para-hydroxylation sites is 1. The maximum atomic E-state index is 12.0. The standard InChI is InChI=1S/C16H14ClN3O2S/c1-2-22-10-7-8-13-14(9-10)23-16(19-13)20-15(21)18-12-6-4-3-5-11(12)17/h3-9H,2H2,1H3,(H2,18,19,20,21). The lowest BCUT2D eigenvalue weighted by molar-refractivity contribution is 0.262. The number of carbonyl (C=O) groups excluding carboxylic acids is 1. The average Bonchev–Trinajstić information content (AvgIpc) is 2.91. The molecular formula is C16H14ClN3O2S. The Balaban J connectivity index is 1.73. The predicted molar refractivity (Wildman–Crippen MR) is 94.9 cm³/mol. The second-order valence-corrected chi connectivity index (χ2v) is 6.08. The van der Waals surface area contributed by atoms with Crippen molar-refractivity contribution in [3.8, 4) is 5.75 Å². The summed E-state index contributed by atoms with van der Waals surface area (Å²) in [5, 5.41) is 6.40. The number of ether oxygens (including phenoxy) is 1. The van der Waals surface area contributed by atoms with Gasteiger partial charge in [0.1, 0.15) is 5.75 Å². The van der Waals surface area contributed by atoms with Crippen LogP contribution in [0.1, 0.15) is 6.92 Å². The van der Waals surface area contributed by atoms with Crippen LogP contribution in [0.5, 0.6) is 5.75 Å². The zero-order valence-corrected chi connectivity index (χ0v) is 13.9. The third-order valence-electron chi connectivity index (χ3n) is 3.01. The van der Waals surface area contributed by atoms with Gasteiger partial charge in [0.05, 0.1) is 27.5 Å². The fourth-order valence-corrected chi connectivity index (χ4v) is 3.10. The number of fused-ring (bicyclic) bond motifs is 1. The number of halogens is 1. The van der Waals surface area contributed by atoms with Gasteiger partial charge in [0.2, 0.25) is 0 Å². The first-order valence-corrected chi connectivity index (χ1v) is 8.21. The van der Waals surface area contributed by atoms with Crippen molar-refractivity contribution in [1.82, 2.24) is 4.98 Å². The van der Waals surface area contributed by atoms with Gasteiger partial charge in [-0.05, 0) is 37.3 Å². The van der Waals surface area contributed by atoms with Gasteiger partial charge < -0.3 is 10.1 Å². The quantitative estimate of drug-likeness (QED) is 0.698. The van der Waals surface area contributed by atoms with Gasteiger partial charge in [-0.25, -0.2) is 9.78 Å². The minimum atomic E-state index is -0.387. The Bertz CT molecular complexity index is 850. The normalized spacial score (nSPS) is 10.5. The molecule has 0 aliphatic heterocycles. The summed E-state index contributed by atoms with van der Waals surface area (Å²) in [5.41, 5.74) is 1.36. The number of thiazole rings is 1. The van der Waals surface area contributed by atoms with Gasteiger partial charge in [0.15, 0.2) is 5.13 Å². The summed E-state index contributed by atoms with van der Waals surface area (Å²) in [7, 11) is 0. The molecule has 118 valence electrons. The van der Waals surface area contributed by atoms with Crippen LogP contribution in [0.2, 0.25) is 5.02 Å². The lowest BCUT2D eigenvalue weighted by Gasteiger charge is -2.06. The van der Waals surface area contributed by atoms with E-state index in [2.05, 4.69) is 15.6 Å². The molecule has 7 heteroatoms. The van der Waals surface area contributed by atoms with E-state index in [0.717, 1.165) is 16.0 Å². The third kappa shape index (κ3) is 3.72. The molecular weight excluding hydrogens is 334 g/mol. The van der Waals surface area contributed by atoms with Crippen molar-refractivity contribution >= 4 is 50.0 Å². The second kappa shape index (κ2) is 6.85. The molecule has 5 nitrogen and oxygen atoms in total. The molecule has 0 saturated carbocycles. The fourth-order valence-electron chi connectivity index (χ4n) is 2.03. The molecule has 0 unspecified atom stereocenters. The summed E-state index contributed by atoms with van der Waals surface area (Å²) in [6.07, 6.45) is 0. The Labute approximate surface area is 142 Å². The Hall–Kier alpha value is -2.31. The number of hydrogen-bond donors (Lipinski definition) is 2. The highest BCUT2D eigenvalue weighted by atomic mass is 35.5. The molecule has 1 heterocycles. The second-order valence-electron chi connectivity index (χ2n) is 4.64. The van der Waals surface area contributed by atoms with Gasteiger partial charge in [-0.2, -0.15) is 0 Å². The maximum absolute atomic E-state index is 12.0. The molecule has 0 spiro atoms. The SMILES string of the molecule is CCOc1ccc2nc(NC(=O)Nc3ccccc3Cl)sc2c1. The average molecular weight is 348 g/mol. The minimum absolute atomic E-state index is 0.387. The number of aromatic nitrogens is 1. The van der Waals surface area contributed by atoms with Gasteiger partial charge >= 0.3 is 6.03 Å². The van der Waals surface area contributed by atoms with E-state index in [4.69, 9.17) is 16.3 Å². The molecule has 0 saturated heterocycles. The summed E-state index contributed by atoms with van der Waals surface area (Å²) >= 11 is 7.40. The van der Waals surface area contributed by atoms with Crippen LogP contribution in [-0.4, -0.2) is 17.6 Å². The van der Waals surface area contributed by atoms with Crippen LogP contribution in [0.3, 0.4) is 0 Å². The third-order valence-corrected chi connectivity index (χ3v) is 4.28. The van der Waals surface area contributed by atoms with Crippen LogP contribution in [0.15, 0.2) is 42.5 Å². The Morgan fingerprint density at radius 3 is 2.87 bits per heavy atom. The molecule has 3 aromatic rings. The molecule has 0 radical (unpaired) electrons. The van der Waals surface area contributed by atoms with E-state index < -0.39 is 0 Å². The Morgan fingerprint density at radius 2 is 2.09 bits per heavy atom. The van der Waals surface area contributed by atoms with E-state index >= 15 is 0 Å². The first-order chi connectivity index (χ1) is 11.2. The van der Waals surface area contributed by atoms with Crippen LogP contribution in [0.25, 0.3) is 10.2 Å². The van der Waals surface area contributed by atoms with Gasteiger partial charge in [-0.1, -0.05) is 35.1 Å². The summed E-state index contributed by atoms with van der Waals surface area (Å²) < 4.78 is 6.41. The molecule has 0 aliphatic rings. The van der Waals surface area contributed by atoms with Crippen molar-refractivity contribution in [2.75, 3.05) is 17.2 Å². The Kier molecular flexibility index (Phi) is 4.64. The molecule has 1 aromatic heterocycles. The predicted octanol–water partition coefficient (Wildman–Crippen LogP) is 4.99. The fraction of sp³-hybridized carbons (Fsp3) is 0.125. The molecule has 3 rings (SSSR count). The molecule has 2 amide bonds. The minimum Gasteiger partial charge on any atom is -0.494 e. The van der Waals surface area contributed by atoms with Gasteiger partial charge in [0, 0.05) is 0 Å². The van der Waals surface area contributed by atoms with E-state index in [0.29, 0.717) is 22.4 Å². The molecule has 0 fully saturated rings. The van der Waals surface area contributed by atoms with Crippen LogP contribution in [0.4, 0.5) is 15.6 Å². The number of nitrogens with one attached hydrogen (secondary N) is 2. The number of hydrogen-bond acceptors (Lipinski definition) is 4. The largest absolute Gasteiger partial charge is 0.494 e. The molecule has 0 atom stereocenters. The van der Waals surface area contributed by atoms with E-state index in [9.17, 15) is 4.79 Å². The lowest BCUT2D eigenvalue weighted by atomic mass is 10.3.